The quantitative estimate of drug-likeness (QED) is 0.227. The summed E-state index contributed by atoms with van der Waals surface area (Å²) < 4.78 is 47.4. The molecule has 0 radical (unpaired) electrons. The first kappa shape index (κ1) is 25.1. The maximum atomic E-state index is 15.0. The highest BCUT2D eigenvalue weighted by atomic mass is 19.1. The van der Waals surface area contributed by atoms with Crippen LogP contribution in [0.4, 0.5) is 4.39 Å². The largest absolute Gasteiger partial charge is 0.477 e. The Morgan fingerprint density at radius 2 is 1.90 bits per heavy atom. The highest BCUT2D eigenvalue weighted by Gasteiger charge is 2.74. The van der Waals surface area contributed by atoms with Gasteiger partial charge in [-0.05, 0) is 61.9 Å². The van der Waals surface area contributed by atoms with Crippen molar-refractivity contribution in [1.82, 2.24) is 4.90 Å². The summed E-state index contributed by atoms with van der Waals surface area (Å²) in [5.41, 5.74) is 3.91. The fraction of sp³-hybridized carbons (Fsp3) is 0.429. The predicted octanol–water partition coefficient (Wildman–Crippen LogP) is 6.48. The zero-order chi connectivity index (χ0) is 28.1. The van der Waals surface area contributed by atoms with Crippen LogP contribution in [-0.4, -0.2) is 43.5 Å². The minimum Gasteiger partial charge on any atom is -0.477 e. The Kier molecular flexibility index (Phi) is 5.42. The van der Waals surface area contributed by atoms with Crippen LogP contribution in [0.2, 0.25) is 0 Å². The maximum absolute atomic E-state index is 15.0. The molecule has 6 nitrogen and oxygen atoms in total. The van der Waals surface area contributed by atoms with Crippen molar-refractivity contribution in [3.63, 3.8) is 0 Å². The average Bonchev–Trinajstić information content (AvgIpc) is 3.65. The Bertz CT molecular complexity index is 1710. The highest BCUT2D eigenvalue weighted by molar-refractivity contribution is 5.84. The van der Waals surface area contributed by atoms with Crippen LogP contribution in [0.5, 0.6) is 11.5 Å². The van der Waals surface area contributed by atoms with Gasteiger partial charge in [0.05, 0.1) is 12.0 Å². The third-order valence-electron chi connectivity index (χ3n) is 10.7. The molecule has 1 saturated heterocycles. The monoisotopic (exact) mass is 567 g/mol. The fourth-order valence-electron chi connectivity index (χ4n) is 8.71. The van der Waals surface area contributed by atoms with E-state index < -0.39 is 11.0 Å². The highest BCUT2D eigenvalue weighted by Crippen LogP contribution is 2.70. The molecule has 2 bridgehead atoms. The van der Waals surface area contributed by atoms with Crippen LogP contribution in [0.1, 0.15) is 53.4 Å². The van der Waals surface area contributed by atoms with Crippen LogP contribution in [0.15, 0.2) is 65.1 Å². The number of para-hydroxylation sites is 1. The molecular weight excluding hydrogens is 533 g/mol. The van der Waals surface area contributed by atoms with Gasteiger partial charge in [-0.3, -0.25) is 4.90 Å². The van der Waals surface area contributed by atoms with Gasteiger partial charge in [-0.25, -0.2) is 4.39 Å². The molecule has 3 aromatic carbocycles. The third kappa shape index (κ3) is 3.30. The van der Waals surface area contributed by atoms with Crippen LogP contribution in [0.3, 0.4) is 0 Å². The SMILES string of the molecule is COCOc1ccc2c3c1O[C@H]1c4oc5ccccc5c4C[C@@]4(OCc5ccccc5F)[C@H](C2)N(CC2CC2)CC[C@]314. The number of ether oxygens (including phenoxy) is 4. The molecule has 5 aliphatic rings. The molecule has 42 heavy (non-hydrogen) atoms. The van der Waals surface area contributed by atoms with Gasteiger partial charge in [-0.15, -0.1) is 0 Å². The van der Waals surface area contributed by atoms with E-state index in [1.54, 1.807) is 13.2 Å². The summed E-state index contributed by atoms with van der Waals surface area (Å²) in [7, 11) is 1.62. The first-order valence-electron chi connectivity index (χ1n) is 15.2. The minimum atomic E-state index is -0.648. The summed E-state index contributed by atoms with van der Waals surface area (Å²) in [6.45, 7) is 2.37. The van der Waals surface area contributed by atoms with Gasteiger partial charge in [-0.1, -0.05) is 42.5 Å². The van der Waals surface area contributed by atoms with E-state index in [-0.39, 0.29) is 31.4 Å². The molecule has 9 rings (SSSR count). The van der Waals surface area contributed by atoms with Crippen LogP contribution in [-0.2, 0) is 34.3 Å². The molecule has 1 saturated carbocycles. The number of nitrogens with zero attached hydrogens (tertiary/aromatic N) is 1. The molecule has 3 aliphatic carbocycles. The number of likely N-dealkylation sites (tertiary alicyclic amines) is 1. The third-order valence-corrected chi connectivity index (χ3v) is 10.7. The minimum absolute atomic E-state index is 0.121. The second-order valence-corrected chi connectivity index (χ2v) is 12.7. The molecule has 4 atom stereocenters. The van der Waals surface area contributed by atoms with Crippen molar-refractivity contribution in [2.75, 3.05) is 27.0 Å². The normalized spacial score (nSPS) is 28.8. The van der Waals surface area contributed by atoms with Crippen LogP contribution < -0.4 is 9.47 Å². The zero-order valence-electron chi connectivity index (χ0n) is 23.7. The van der Waals surface area contributed by atoms with Crippen LogP contribution >= 0.6 is 0 Å². The number of hydrogen-bond acceptors (Lipinski definition) is 6. The molecule has 3 heterocycles. The Balaban J connectivity index is 1.29. The molecular formula is C35H34FNO5. The summed E-state index contributed by atoms with van der Waals surface area (Å²) in [4.78, 5) is 2.69. The lowest BCUT2D eigenvalue weighted by Gasteiger charge is -2.64. The van der Waals surface area contributed by atoms with E-state index in [9.17, 15) is 0 Å². The van der Waals surface area contributed by atoms with E-state index >= 15 is 4.39 Å². The van der Waals surface area contributed by atoms with Gasteiger partial charge < -0.3 is 23.4 Å². The molecule has 1 spiro atoms. The van der Waals surface area contributed by atoms with Gasteiger partial charge in [0.15, 0.2) is 24.4 Å². The number of hydrogen-bond donors (Lipinski definition) is 0. The second-order valence-electron chi connectivity index (χ2n) is 12.7. The van der Waals surface area contributed by atoms with Gasteiger partial charge in [0, 0.05) is 48.2 Å². The molecule has 2 aliphatic heterocycles. The van der Waals surface area contributed by atoms with Crippen molar-refractivity contribution >= 4 is 11.0 Å². The topological polar surface area (TPSA) is 53.3 Å². The number of rotatable bonds is 8. The van der Waals surface area contributed by atoms with E-state index in [4.69, 9.17) is 23.4 Å². The number of furan rings is 1. The summed E-state index contributed by atoms with van der Waals surface area (Å²) in [5, 5.41) is 1.10. The fourth-order valence-corrected chi connectivity index (χ4v) is 8.71. The van der Waals surface area contributed by atoms with Crippen LogP contribution in [0.25, 0.3) is 11.0 Å². The van der Waals surface area contributed by atoms with Gasteiger partial charge in [-0.2, -0.15) is 0 Å². The molecule has 1 aromatic heterocycles. The summed E-state index contributed by atoms with van der Waals surface area (Å²) >= 11 is 0. The lowest BCUT2D eigenvalue weighted by molar-refractivity contribution is -0.213. The van der Waals surface area contributed by atoms with E-state index in [0.29, 0.717) is 17.7 Å². The molecule has 2 fully saturated rings. The van der Waals surface area contributed by atoms with E-state index in [0.717, 1.165) is 59.9 Å². The maximum Gasteiger partial charge on any atom is 0.188 e. The van der Waals surface area contributed by atoms with E-state index in [1.165, 1.54) is 30.0 Å². The summed E-state index contributed by atoms with van der Waals surface area (Å²) in [5.74, 6) is 2.85. The van der Waals surface area contributed by atoms with Crippen molar-refractivity contribution in [2.45, 2.75) is 61.9 Å². The predicted molar refractivity (Wildman–Crippen MR) is 154 cm³/mol. The average molecular weight is 568 g/mol. The van der Waals surface area contributed by atoms with E-state index in [1.807, 2.05) is 30.3 Å². The lowest BCUT2D eigenvalue weighted by atomic mass is 9.49. The van der Waals surface area contributed by atoms with Gasteiger partial charge in [0.2, 0.25) is 0 Å². The van der Waals surface area contributed by atoms with Crippen molar-refractivity contribution < 1.29 is 27.8 Å². The van der Waals surface area contributed by atoms with Gasteiger partial charge in [0.25, 0.3) is 0 Å². The zero-order valence-corrected chi connectivity index (χ0v) is 23.7. The smallest absolute Gasteiger partial charge is 0.188 e. The standard InChI is InChI=1S/C35H34FNO5/c1-38-20-39-28-13-12-22-16-29-35(40-19-23-6-2-4-8-26(23)36)17-25-24-7-3-5-9-27(24)41-31(25)33-34(35,30(22)32(28)42-33)14-15-37(29)18-21-10-11-21/h2-9,12-13,21,29,33H,10-11,14-20H2,1H3/t29-,33-,34-,35+/m0/s1. The molecule has 0 unspecified atom stereocenters. The Hall–Kier alpha value is -3.39. The molecule has 216 valence electrons. The van der Waals surface area contributed by atoms with Crippen LogP contribution in [0, 0.1) is 11.7 Å². The van der Waals surface area contributed by atoms with Crippen molar-refractivity contribution in [1.29, 1.82) is 0 Å². The molecule has 0 amide bonds. The van der Waals surface area contributed by atoms with Gasteiger partial charge >= 0.3 is 0 Å². The Morgan fingerprint density at radius 1 is 1.05 bits per heavy atom. The number of methoxy groups -OCH3 is 1. The first-order chi connectivity index (χ1) is 20.6. The molecule has 4 aromatic rings. The number of halogens is 1. The summed E-state index contributed by atoms with van der Waals surface area (Å²) in [6, 6.07) is 19.6. The number of piperidine rings is 1. The number of benzene rings is 3. The molecule has 0 N–H and O–H groups in total. The Morgan fingerprint density at radius 3 is 2.76 bits per heavy atom. The van der Waals surface area contributed by atoms with Crippen molar-refractivity contribution in [2.24, 2.45) is 5.92 Å². The van der Waals surface area contributed by atoms with Crippen molar-refractivity contribution in [3.8, 4) is 11.5 Å². The van der Waals surface area contributed by atoms with Gasteiger partial charge in [0.1, 0.15) is 22.8 Å². The Labute approximate surface area is 244 Å². The summed E-state index contributed by atoms with van der Waals surface area (Å²) in [6.07, 6.45) is 4.60. The second kappa shape index (κ2) is 9.06. The van der Waals surface area contributed by atoms with Crippen molar-refractivity contribution in [3.05, 3.63) is 94.5 Å². The number of fused-ring (bicyclic) bond motifs is 4. The first-order valence-corrected chi connectivity index (χ1v) is 15.2. The molecule has 7 heteroatoms. The lowest BCUT2D eigenvalue weighted by Crippen LogP contribution is -2.75. The van der Waals surface area contributed by atoms with E-state index in [2.05, 4.69) is 23.1 Å².